The van der Waals surface area contributed by atoms with Gasteiger partial charge < -0.3 is 9.15 Å². The van der Waals surface area contributed by atoms with Crippen LogP contribution in [0.4, 0.5) is 0 Å². The standard InChI is InChI=1S/C16H21N3O5S2/c1-5-19(6-2)26(21,22)13-9-7-12(8-10-13)14-17-18-16(24-14)25-11(3)15(20)23-4/h7-11H,5-6H2,1-4H3/t11-/m0/s1. The van der Waals surface area contributed by atoms with Gasteiger partial charge in [0.2, 0.25) is 15.9 Å². The van der Waals surface area contributed by atoms with Crippen LogP contribution in [0.15, 0.2) is 38.8 Å². The summed E-state index contributed by atoms with van der Waals surface area (Å²) in [5.74, 6) is -0.142. The molecular weight excluding hydrogens is 378 g/mol. The van der Waals surface area contributed by atoms with E-state index in [4.69, 9.17) is 4.42 Å². The quantitative estimate of drug-likeness (QED) is 0.492. The van der Waals surface area contributed by atoms with Gasteiger partial charge in [0.15, 0.2) is 0 Å². The molecule has 26 heavy (non-hydrogen) atoms. The highest BCUT2D eigenvalue weighted by atomic mass is 32.2. The van der Waals surface area contributed by atoms with Crippen LogP contribution >= 0.6 is 11.8 Å². The van der Waals surface area contributed by atoms with E-state index in [2.05, 4.69) is 14.9 Å². The highest BCUT2D eigenvalue weighted by Gasteiger charge is 2.22. The Bertz CT molecular complexity index is 845. The minimum Gasteiger partial charge on any atom is -0.468 e. The van der Waals surface area contributed by atoms with Crippen molar-refractivity contribution < 1.29 is 22.4 Å². The van der Waals surface area contributed by atoms with Crippen LogP contribution in [0.3, 0.4) is 0 Å². The largest absolute Gasteiger partial charge is 0.468 e. The molecule has 0 radical (unpaired) electrons. The van der Waals surface area contributed by atoms with Crippen LogP contribution in [0.2, 0.25) is 0 Å². The average Bonchev–Trinajstić information content (AvgIpc) is 3.10. The van der Waals surface area contributed by atoms with Crippen molar-refractivity contribution in [2.75, 3.05) is 20.2 Å². The lowest BCUT2D eigenvalue weighted by molar-refractivity contribution is -0.139. The Morgan fingerprint density at radius 1 is 1.23 bits per heavy atom. The monoisotopic (exact) mass is 399 g/mol. The van der Waals surface area contributed by atoms with Crippen LogP contribution in [0.25, 0.3) is 11.5 Å². The first kappa shape index (κ1) is 20.4. The molecule has 0 fully saturated rings. The van der Waals surface area contributed by atoms with E-state index in [1.165, 1.54) is 23.5 Å². The molecule has 1 atom stereocenters. The van der Waals surface area contributed by atoms with Crippen LogP contribution in [0, 0.1) is 0 Å². The molecule has 10 heteroatoms. The first-order chi connectivity index (χ1) is 12.3. The van der Waals surface area contributed by atoms with Gasteiger partial charge in [0.25, 0.3) is 5.22 Å². The molecule has 2 rings (SSSR count). The van der Waals surface area contributed by atoms with Crippen molar-refractivity contribution in [2.24, 2.45) is 0 Å². The molecule has 0 aliphatic rings. The molecule has 0 N–H and O–H groups in total. The third-order valence-corrected chi connectivity index (χ3v) is 6.64. The van der Waals surface area contributed by atoms with Gasteiger partial charge in [-0.15, -0.1) is 10.2 Å². The van der Waals surface area contributed by atoms with Crippen molar-refractivity contribution in [2.45, 2.75) is 36.1 Å². The highest BCUT2D eigenvalue weighted by Crippen LogP contribution is 2.27. The molecule has 8 nitrogen and oxygen atoms in total. The van der Waals surface area contributed by atoms with Crippen LogP contribution < -0.4 is 0 Å². The van der Waals surface area contributed by atoms with Crippen molar-refractivity contribution in [3.05, 3.63) is 24.3 Å². The fraction of sp³-hybridized carbons (Fsp3) is 0.438. The van der Waals surface area contributed by atoms with Gasteiger partial charge >= 0.3 is 5.97 Å². The molecule has 0 aliphatic heterocycles. The van der Waals surface area contributed by atoms with E-state index >= 15 is 0 Å². The Morgan fingerprint density at radius 3 is 2.38 bits per heavy atom. The molecule has 1 aromatic heterocycles. The second-order valence-corrected chi connectivity index (χ2v) is 8.50. The van der Waals surface area contributed by atoms with E-state index in [1.54, 1.807) is 32.9 Å². The molecular formula is C16H21N3O5S2. The maximum absolute atomic E-state index is 12.5. The molecule has 0 saturated heterocycles. The first-order valence-corrected chi connectivity index (χ1v) is 10.3. The lowest BCUT2D eigenvalue weighted by Crippen LogP contribution is -2.30. The number of thioether (sulfide) groups is 1. The minimum absolute atomic E-state index is 0.207. The first-order valence-electron chi connectivity index (χ1n) is 8.02. The summed E-state index contributed by atoms with van der Waals surface area (Å²) in [5, 5.41) is 7.58. The smallest absolute Gasteiger partial charge is 0.319 e. The summed E-state index contributed by atoms with van der Waals surface area (Å²) in [7, 11) is -2.20. The molecule has 1 aromatic carbocycles. The number of hydrogen-bond acceptors (Lipinski definition) is 8. The van der Waals surface area contributed by atoms with E-state index in [1.807, 2.05) is 0 Å². The van der Waals surface area contributed by atoms with Crippen molar-refractivity contribution in [1.82, 2.24) is 14.5 Å². The maximum Gasteiger partial charge on any atom is 0.319 e. The lowest BCUT2D eigenvalue weighted by Gasteiger charge is -2.18. The summed E-state index contributed by atoms with van der Waals surface area (Å²) in [6.07, 6.45) is 0. The summed E-state index contributed by atoms with van der Waals surface area (Å²) in [6.45, 7) is 6.07. The molecule has 0 unspecified atom stereocenters. The Kier molecular flexibility index (Phi) is 6.79. The maximum atomic E-state index is 12.5. The van der Waals surface area contributed by atoms with Crippen molar-refractivity contribution in [3.8, 4) is 11.5 Å². The van der Waals surface area contributed by atoms with Gasteiger partial charge in [-0.05, 0) is 31.2 Å². The lowest BCUT2D eigenvalue weighted by atomic mass is 10.2. The molecule has 0 aliphatic carbocycles. The van der Waals surface area contributed by atoms with Crippen LogP contribution in [0.1, 0.15) is 20.8 Å². The molecule has 0 amide bonds. The number of ether oxygens (including phenoxy) is 1. The van der Waals surface area contributed by atoms with E-state index in [-0.39, 0.29) is 22.0 Å². The number of benzene rings is 1. The molecule has 1 heterocycles. The number of sulfonamides is 1. The van der Waals surface area contributed by atoms with Gasteiger partial charge in [0.1, 0.15) is 5.25 Å². The second-order valence-electron chi connectivity index (χ2n) is 5.27. The van der Waals surface area contributed by atoms with Gasteiger partial charge in [0.05, 0.1) is 12.0 Å². The second kappa shape index (κ2) is 8.65. The Balaban J connectivity index is 2.18. The number of rotatable bonds is 8. The van der Waals surface area contributed by atoms with Gasteiger partial charge in [-0.2, -0.15) is 4.31 Å². The van der Waals surface area contributed by atoms with Crippen molar-refractivity contribution in [3.63, 3.8) is 0 Å². The summed E-state index contributed by atoms with van der Waals surface area (Å²) < 4.78 is 36.5. The summed E-state index contributed by atoms with van der Waals surface area (Å²) in [6, 6.07) is 6.25. The number of aromatic nitrogens is 2. The fourth-order valence-electron chi connectivity index (χ4n) is 2.22. The molecule has 0 bridgehead atoms. The van der Waals surface area contributed by atoms with Gasteiger partial charge in [-0.3, -0.25) is 4.79 Å². The molecule has 0 saturated carbocycles. The average molecular weight is 399 g/mol. The third kappa shape index (κ3) is 4.43. The van der Waals surface area contributed by atoms with Crippen molar-refractivity contribution >= 4 is 27.8 Å². The molecule has 0 spiro atoms. The number of nitrogens with zero attached hydrogens (tertiary/aromatic N) is 3. The third-order valence-electron chi connectivity index (χ3n) is 3.66. The van der Waals surface area contributed by atoms with Crippen LogP contribution in [0.5, 0.6) is 0 Å². The summed E-state index contributed by atoms with van der Waals surface area (Å²) in [5.41, 5.74) is 0.591. The Morgan fingerprint density at radius 2 is 1.85 bits per heavy atom. The molecule has 142 valence electrons. The Labute approximate surface area is 157 Å². The zero-order chi connectivity index (χ0) is 19.3. The number of methoxy groups -OCH3 is 1. The van der Waals surface area contributed by atoms with E-state index < -0.39 is 15.3 Å². The zero-order valence-corrected chi connectivity index (χ0v) is 16.6. The number of carbonyl (C=O) groups excluding carboxylic acids is 1. The number of esters is 1. The SMILES string of the molecule is CCN(CC)S(=O)(=O)c1ccc(-c2nnc(S[C@@H](C)C(=O)OC)o2)cc1. The summed E-state index contributed by atoms with van der Waals surface area (Å²) >= 11 is 1.09. The zero-order valence-electron chi connectivity index (χ0n) is 15.0. The predicted molar refractivity (Wildman–Crippen MR) is 97.2 cm³/mol. The topological polar surface area (TPSA) is 103 Å². The normalized spacial score (nSPS) is 13.0. The summed E-state index contributed by atoms with van der Waals surface area (Å²) in [4.78, 5) is 11.6. The Hall–Kier alpha value is -1.91. The van der Waals surface area contributed by atoms with Crippen molar-refractivity contribution in [1.29, 1.82) is 0 Å². The van der Waals surface area contributed by atoms with E-state index in [0.717, 1.165) is 11.8 Å². The van der Waals surface area contributed by atoms with Gasteiger partial charge in [0, 0.05) is 18.7 Å². The minimum atomic E-state index is -3.51. The van der Waals surface area contributed by atoms with E-state index in [0.29, 0.717) is 18.7 Å². The van der Waals surface area contributed by atoms with Crippen LogP contribution in [-0.2, 0) is 19.6 Å². The van der Waals surface area contributed by atoms with E-state index in [9.17, 15) is 13.2 Å². The number of carbonyl (C=O) groups is 1. The highest BCUT2D eigenvalue weighted by molar-refractivity contribution is 8.00. The fourth-order valence-corrected chi connectivity index (χ4v) is 4.39. The predicted octanol–water partition coefficient (Wildman–Crippen LogP) is 2.42. The molecule has 2 aromatic rings. The van der Waals surface area contributed by atoms with Gasteiger partial charge in [-0.25, -0.2) is 8.42 Å². The number of hydrogen-bond donors (Lipinski definition) is 0. The van der Waals surface area contributed by atoms with Crippen LogP contribution in [-0.4, -0.2) is 54.3 Å². The van der Waals surface area contributed by atoms with Gasteiger partial charge in [-0.1, -0.05) is 25.6 Å².